The molecule has 6 heteroatoms. The second-order valence-electron chi connectivity index (χ2n) is 2.34. The molecule has 0 saturated heterocycles. The van der Waals surface area contributed by atoms with Gasteiger partial charge in [-0.05, 0) is 12.1 Å². The summed E-state index contributed by atoms with van der Waals surface area (Å²) < 4.78 is 71.8. The van der Waals surface area contributed by atoms with E-state index in [0.717, 1.165) is 0 Å². The van der Waals surface area contributed by atoms with Crippen LogP contribution in [0.4, 0.5) is 0 Å². The van der Waals surface area contributed by atoms with E-state index >= 15 is 0 Å². The Bertz CT molecular complexity index is 785. The SMILES string of the molecule is [2H]c1[nH]c2c([2H])c([2H])c([2H])c([2H])c2c1OS(=O)(=O)O. The van der Waals surface area contributed by atoms with E-state index in [9.17, 15) is 8.42 Å². The zero-order valence-corrected chi connectivity index (χ0v) is 7.40. The maximum Gasteiger partial charge on any atom is 0.446 e. The molecule has 0 saturated carbocycles. The van der Waals surface area contributed by atoms with Gasteiger partial charge in [0.1, 0.15) is 0 Å². The van der Waals surface area contributed by atoms with Crippen LogP contribution in [-0.2, 0) is 10.4 Å². The summed E-state index contributed by atoms with van der Waals surface area (Å²) >= 11 is 0. The lowest BCUT2D eigenvalue weighted by Gasteiger charge is -1.97. The average Bonchev–Trinajstić information content (AvgIpc) is 2.60. The molecule has 0 unspecified atom stereocenters. The summed E-state index contributed by atoms with van der Waals surface area (Å²) in [6.45, 7) is 0. The zero-order valence-electron chi connectivity index (χ0n) is 11.6. The molecule has 0 atom stereocenters. The summed E-state index contributed by atoms with van der Waals surface area (Å²) in [7, 11) is -4.91. The number of fused-ring (bicyclic) bond motifs is 1. The average molecular weight is 218 g/mol. The first-order valence-electron chi connectivity index (χ1n) is 5.89. The van der Waals surface area contributed by atoms with Crippen molar-refractivity contribution in [2.45, 2.75) is 0 Å². The Morgan fingerprint density at radius 2 is 2.14 bits per heavy atom. The molecule has 0 aliphatic carbocycles. The molecule has 0 fully saturated rings. The summed E-state index contributed by atoms with van der Waals surface area (Å²) in [5.41, 5.74) is -0.172. The molecule has 1 heterocycles. The van der Waals surface area contributed by atoms with Crippen LogP contribution < -0.4 is 4.18 Å². The van der Waals surface area contributed by atoms with E-state index < -0.39 is 46.5 Å². The Kier molecular flexibility index (Phi) is 1.03. The molecule has 5 nitrogen and oxygen atoms in total. The lowest BCUT2D eigenvalue weighted by molar-refractivity contribution is 0.388. The molecule has 0 aliphatic heterocycles. The summed E-state index contributed by atoms with van der Waals surface area (Å²) in [4.78, 5) is 2.28. The molecule has 2 rings (SSSR count). The van der Waals surface area contributed by atoms with Crippen LogP contribution in [0.3, 0.4) is 0 Å². The van der Waals surface area contributed by atoms with E-state index in [-0.39, 0.29) is 10.9 Å². The highest BCUT2D eigenvalue weighted by atomic mass is 32.3. The van der Waals surface area contributed by atoms with Crippen molar-refractivity contribution in [2.75, 3.05) is 0 Å². The highest BCUT2D eigenvalue weighted by Crippen LogP contribution is 2.25. The van der Waals surface area contributed by atoms with Gasteiger partial charge in [0.25, 0.3) is 0 Å². The maximum atomic E-state index is 10.7. The first-order chi connectivity index (χ1) is 8.63. The van der Waals surface area contributed by atoms with Gasteiger partial charge >= 0.3 is 10.4 Å². The van der Waals surface area contributed by atoms with Crippen LogP contribution in [-0.4, -0.2) is 18.0 Å². The molecule has 0 bridgehead atoms. The van der Waals surface area contributed by atoms with Gasteiger partial charge in [0.05, 0.1) is 6.85 Å². The third-order valence-corrected chi connectivity index (χ3v) is 1.78. The number of aromatic nitrogens is 1. The first kappa shape index (κ1) is 4.81. The van der Waals surface area contributed by atoms with Gasteiger partial charge in [-0.25, -0.2) is 0 Å². The highest BCUT2D eigenvalue weighted by Gasteiger charge is 2.11. The minimum absolute atomic E-state index is 0.172. The molecular weight excluding hydrogens is 206 g/mol. The molecule has 1 aromatic carbocycles. The number of hydrogen-bond donors (Lipinski definition) is 2. The first-order valence-corrected chi connectivity index (χ1v) is 4.75. The highest BCUT2D eigenvalue weighted by molar-refractivity contribution is 7.81. The Morgan fingerprint density at radius 3 is 2.86 bits per heavy atom. The Morgan fingerprint density at radius 1 is 1.43 bits per heavy atom. The predicted molar refractivity (Wildman–Crippen MR) is 50.5 cm³/mol. The second-order valence-corrected chi connectivity index (χ2v) is 3.36. The maximum absolute atomic E-state index is 10.7. The fourth-order valence-electron chi connectivity index (χ4n) is 0.926. The molecular formula is C8H7NO4S. The van der Waals surface area contributed by atoms with Crippen molar-refractivity contribution in [3.8, 4) is 5.75 Å². The van der Waals surface area contributed by atoms with Crippen LogP contribution in [0.5, 0.6) is 5.75 Å². The summed E-state index contributed by atoms with van der Waals surface area (Å²) in [6.07, 6.45) is -0.584. The molecule has 2 N–H and O–H groups in total. The van der Waals surface area contributed by atoms with Crippen LogP contribution in [0.25, 0.3) is 10.9 Å². The lowest BCUT2D eigenvalue weighted by atomic mass is 10.2. The molecule has 1 aromatic heterocycles. The molecule has 0 spiro atoms. The van der Waals surface area contributed by atoms with Crippen LogP contribution >= 0.6 is 0 Å². The van der Waals surface area contributed by atoms with Gasteiger partial charge in [0.15, 0.2) is 5.75 Å². The molecule has 74 valence electrons. The van der Waals surface area contributed by atoms with Crippen molar-refractivity contribution < 1.29 is 24.0 Å². The Balaban J connectivity index is 2.91. The number of nitrogens with one attached hydrogen (secondary N) is 1. The quantitative estimate of drug-likeness (QED) is 0.746. The monoisotopic (exact) mass is 218 g/mol. The zero-order chi connectivity index (χ0) is 14.5. The van der Waals surface area contributed by atoms with Crippen molar-refractivity contribution in [1.82, 2.24) is 4.98 Å². The standard InChI is InChI=1S/C8H7NO4S/c10-14(11,12)13-8-5-9-7-4-2-1-3-6(7)8/h1-5,9H,(H,10,11,12)/i1D,2D,3D,4D,5D. The van der Waals surface area contributed by atoms with E-state index in [0.29, 0.717) is 0 Å². The molecule has 0 aliphatic rings. The number of hydrogen-bond acceptors (Lipinski definition) is 3. The van der Waals surface area contributed by atoms with E-state index in [2.05, 4.69) is 9.17 Å². The minimum Gasteiger partial charge on any atom is -0.360 e. The van der Waals surface area contributed by atoms with Crippen molar-refractivity contribution in [3.05, 3.63) is 30.3 Å². The van der Waals surface area contributed by atoms with E-state index in [1.165, 1.54) is 0 Å². The van der Waals surface area contributed by atoms with Crippen molar-refractivity contribution in [3.63, 3.8) is 0 Å². The number of para-hydroxylation sites is 1. The fraction of sp³-hybridized carbons (Fsp3) is 0. The number of rotatable bonds is 2. The third-order valence-electron chi connectivity index (χ3n) is 1.40. The largest absolute Gasteiger partial charge is 0.446 e. The van der Waals surface area contributed by atoms with E-state index in [4.69, 9.17) is 11.4 Å². The number of H-pyrrole nitrogens is 1. The number of aromatic amines is 1. The van der Waals surface area contributed by atoms with Crippen LogP contribution in [0.15, 0.2) is 30.3 Å². The molecule has 0 radical (unpaired) electrons. The van der Waals surface area contributed by atoms with E-state index in [1.807, 2.05) is 0 Å². The minimum atomic E-state index is -4.91. The van der Waals surface area contributed by atoms with Crippen LogP contribution in [0.2, 0.25) is 0 Å². The van der Waals surface area contributed by atoms with Gasteiger partial charge in [0.2, 0.25) is 0 Å². The molecule has 14 heavy (non-hydrogen) atoms. The van der Waals surface area contributed by atoms with Gasteiger partial charge in [0, 0.05) is 17.1 Å². The Hall–Kier alpha value is -1.53. The summed E-state index contributed by atoms with van der Waals surface area (Å²) in [5, 5.41) is -0.311. The predicted octanol–water partition coefficient (Wildman–Crippen LogP) is 1.35. The second kappa shape index (κ2) is 3.00. The molecule has 2 aromatic rings. The normalized spacial score (nSPS) is 16.8. The van der Waals surface area contributed by atoms with Gasteiger partial charge in [-0.2, -0.15) is 8.42 Å². The topological polar surface area (TPSA) is 79.4 Å². The lowest BCUT2D eigenvalue weighted by Crippen LogP contribution is -2.05. The smallest absolute Gasteiger partial charge is 0.360 e. The summed E-state index contributed by atoms with van der Waals surface area (Å²) in [6, 6.07) is -2.16. The van der Waals surface area contributed by atoms with Crippen LogP contribution in [0, 0.1) is 0 Å². The van der Waals surface area contributed by atoms with E-state index in [1.54, 1.807) is 0 Å². The van der Waals surface area contributed by atoms with Gasteiger partial charge in [-0.1, -0.05) is 12.1 Å². The van der Waals surface area contributed by atoms with Gasteiger partial charge in [-0.15, -0.1) is 0 Å². The fourth-order valence-corrected chi connectivity index (χ4v) is 1.26. The van der Waals surface area contributed by atoms with Crippen molar-refractivity contribution >= 4 is 21.3 Å². The van der Waals surface area contributed by atoms with Gasteiger partial charge in [-0.3, -0.25) is 4.55 Å². The van der Waals surface area contributed by atoms with Crippen molar-refractivity contribution in [1.29, 1.82) is 0 Å². The van der Waals surface area contributed by atoms with Gasteiger partial charge < -0.3 is 9.17 Å². The van der Waals surface area contributed by atoms with Crippen LogP contribution in [0.1, 0.15) is 6.85 Å². The third kappa shape index (κ3) is 1.70. The Labute approximate surface area is 87.3 Å². The number of benzene rings is 1. The summed E-state index contributed by atoms with van der Waals surface area (Å²) in [5.74, 6) is -0.676. The van der Waals surface area contributed by atoms with Crippen molar-refractivity contribution in [2.24, 2.45) is 0 Å². The molecule has 0 amide bonds.